The summed E-state index contributed by atoms with van der Waals surface area (Å²) in [5.41, 5.74) is 0.0483. The predicted octanol–water partition coefficient (Wildman–Crippen LogP) is 3.47. The fourth-order valence-corrected chi connectivity index (χ4v) is 3.64. The Morgan fingerprint density at radius 3 is 2.46 bits per heavy atom. The highest BCUT2D eigenvalue weighted by Crippen LogP contribution is 2.44. The zero-order valence-electron chi connectivity index (χ0n) is 14.1. The standard InChI is InChI=1S/C17H24N2O4.ClH/c1-17(2)16(20)15(18-9-5-3-4-6-10-18)13-11-12(19(21)22)7-8-14(13)23-17;/h7-8,11,15-16,20H,3-6,9-10H2,1-2H3;1H/t15-,16+;/m1./s1. The molecule has 0 radical (unpaired) electrons. The van der Waals surface area contributed by atoms with Crippen LogP contribution in [0.2, 0.25) is 0 Å². The summed E-state index contributed by atoms with van der Waals surface area (Å²) in [7, 11) is 0. The number of aliphatic hydroxyl groups excluding tert-OH is 1. The molecule has 0 aliphatic carbocycles. The van der Waals surface area contributed by atoms with Crippen molar-refractivity contribution in [3.63, 3.8) is 0 Å². The number of ether oxygens (including phenoxy) is 1. The molecule has 3 rings (SSSR count). The van der Waals surface area contributed by atoms with Crippen molar-refractivity contribution in [1.82, 2.24) is 4.90 Å². The summed E-state index contributed by atoms with van der Waals surface area (Å²) in [5.74, 6) is 0.639. The van der Waals surface area contributed by atoms with Crippen LogP contribution >= 0.6 is 12.4 Å². The van der Waals surface area contributed by atoms with Crippen LogP contribution in [0, 0.1) is 10.1 Å². The summed E-state index contributed by atoms with van der Waals surface area (Å²) in [6, 6.07) is 4.42. The van der Waals surface area contributed by atoms with Crippen LogP contribution in [0.3, 0.4) is 0 Å². The van der Waals surface area contributed by atoms with E-state index in [1.54, 1.807) is 12.1 Å². The Morgan fingerprint density at radius 1 is 1.25 bits per heavy atom. The molecule has 24 heavy (non-hydrogen) atoms. The van der Waals surface area contributed by atoms with E-state index in [2.05, 4.69) is 4.90 Å². The average Bonchev–Trinajstić information content (AvgIpc) is 2.77. The SMILES string of the molecule is CC1(C)Oc2ccc([N+](=O)[O-])cc2[C@@H](N2CCCCCC2)[C@@H]1O.Cl. The van der Waals surface area contributed by atoms with Gasteiger partial charge in [0.05, 0.1) is 11.0 Å². The molecule has 2 aliphatic heterocycles. The number of aliphatic hydroxyl groups is 1. The first-order valence-electron chi connectivity index (χ1n) is 8.29. The number of hydrogen-bond donors (Lipinski definition) is 1. The lowest BCUT2D eigenvalue weighted by atomic mass is 9.85. The van der Waals surface area contributed by atoms with Crippen LogP contribution in [0.5, 0.6) is 5.75 Å². The Hall–Kier alpha value is -1.37. The molecule has 1 aromatic carbocycles. The monoisotopic (exact) mass is 356 g/mol. The number of non-ortho nitro benzene ring substituents is 1. The molecule has 1 aromatic rings. The molecule has 0 spiro atoms. The summed E-state index contributed by atoms with van der Waals surface area (Å²) in [5, 5.41) is 22.0. The molecule has 1 saturated heterocycles. The van der Waals surface area contributed by atoms with Gasteiger partial charge in [-0.25, -0.2) is 0 Å². The van der Waals surface area contributed by atoms with Crippen molar-refractivity contribution in [2.24, 2.45) is 0 Å². The first kappa shape index (κ1) is 19.0. The Morgan fingerprint density at radius 2 is 1.88 bits per heavy atom. The second-order valence-electron chi connectivity index (χ2n) is 7.02. The smallest absolute Gasteiger partial charge is 0.270 e. The van der Waals surface area contributed by atoms with E-state index in [-0.39, 0.29) is 24.1 Å². The van der Waals surface area contributed by atoms with Gasteiger partial charge in [-0.05, 0) is 45.8 Å². The highest BCUT2D eigenvalue weighted by molar-refractivity contribution is 5.85. The molecule has 134 valence electrons. The lowest BCUT2D eigenvalue weighted by Crippen LogP contribution is -2.53. The number of nitro benzene ring substituents is 1. The number of hydrogen-bond acceptors (Lipinski definition) is 5. The zero-order chi connectivity index (χ0) is 16.6. The molecular weight excluding hydrogens is 332 g/mol. The third kappa shape index (κ3) is 3.50. The van der Waals surface area contributed by atoms with Crippen molar-refractivity contribution in [1.29, 1.82) is 0 Å². The first-order valence-corrected chi connectivity index (χ1v) is 8.29. The van der Waals surface area contributed by atoms with E-state index in [0.29, 0.717) is 5.75 Å². The Bertz CT molecular complexity index is 600. The molecule has 7 heteroatoms. The number of likely N-dealkylation sites (tertiary alicyclic amines) is 1. The Kier molecular flexibility index (Phi) is 5.73. The van der Waals surface area contributed by atoms with Crippen LogP contribution in [-0.2, 0) is 0 Å². The van der Waals surface area contributed by atoms with Crippen LogP contribution in [0.4, 0.5) is 5.69 Å². The number of nitrogens with zero attached hydrogens (tertiary/aromatic N) is 2. The lowest BCUT2D eigenvalue weighted by Gasteiger charge is -2.46. The van der Waals surface area contributed by atoms with Crippen molar-refractivity contribution in [2.45, 2.75) is 57.3 Å². The highest BCUT2D eigenvalue weighted by atomic mass is 35.5. The van der Waals surface area contributed by atoms with Gasteiger partial charge in [-0.2, -0.15) is 0 Å². The molecule has 0 aromatic heterocycles. The third-order valence-corrected chi connectivity index (χ3v) is 4.94. The number of halogens is 1. The Labute approximate surface area is 148 Å². The lowest BCUT2D eigenvalue weighted by molar-refractivity contribution is -0.385. The summed E-state index contributed by atoms with van der Waals surface area (Å²) >= 11 is 0. The van der Waals surface area contributed by atoms with E-state index in [9.17, 15) is 15.2 Å². The van der Waals surface area contributed by atoms with Gasteiger partial charge in [0.25, 0.3) is 5.69 Å². The summed E-state index contributed by atoms with van der Waals surface area (Å²) in [6.45, 7) is 5.54. The number of rotatable bonds is 2. The van der Waals surface area contributed by atoms with E-state index in [1.165, 1.54) is 18.9 Å². The van der Waals surface area contributed by atoms with Gasteiger partial charge in [0.2, 0.25) is 0 Å². The van der Waals surface area contributed by atoms with Crippen molar-refractivity contribution in [3.05, 3.63) is 33.9 Å². The maximum Gasteiger partial charge on any atom is 0.270 e. The predicted molar refractivity (Wildman–Crippen MR) is 93.8 cm³/mol. The minimum atomic E-state index is -0.727. The number of benzene rings is 1. The molecule has 6 nitrogen and oxygen atoms in total. The fraction of sp³-hybridized carbons (Fsp3) is 0.647. The molecule has 0 unspecified atom stereocenters. The minimum absolute atomic E-state index is 0. The van der Waals surface area contributed by atoms with Gasteiger partial charge in [-0.15, -0.1) is 12.4 Å². The van der Waals surface area contributed by atoms with Crippen molar-refractivity contribution >= 4 is 18.1 Å². The van der Waals surface area contributed by atoms with Gasteiger partial charge >= 0.3 is 0 Å². The van der Waals surface area contributed by atoms with Crippen molar-refractivity contribution < 1.29 is 14.8 Å². The normalized spacial score (nSPS) is 26.5. The van der Waals surface area contributed by atoms with Gasteiger partial charge in [0.15, 0.2) is 0 Å². The van der Waals surface area contributed by atoms with E-state index in [0.717, 1.165) is 31.5 Å². The molecule has 1 N–H and O–H groups in total. The molecule has 2 heterocycles. The van der Waals surface area contributed by atoms with Crippen LogP contribution in [0.1, 0.15) is 51.1 Å². The summed E-state index contributed by atoms with van der Waals surface area (Å²) in [4.78, 5) is 13.0. The second-order valence-corrected chi connectivity index (χ2v) is 7.02. The van der Waals surface area contributed by atoms with E-state index >= 15 is 0 Å². The molecule has 0 bridgehead atoms. The average molecular weight is 357 g/mol. The molecule has 0 saturated carbocycles. The van der Waals surface area contributed by atoms with E-state index in [1.807, 2.05) is 13.8 Å². The number of nitro groups is 1. The second kappa shape index (κ2) is 7.25. The summed E-state index contributed by atoms with van der Waals surface area (Å²) < 4.78 is 5.92. The van der Waals surface area contributed by atoms with Gasteiger partial charge in [0, 0.05) is 17.7 Å². The first-order chi connectivity index (χ1) is 10.9. The van der Waals surface area contributed by atoms with Crippen LogP contribution < -0.4 is 4.74 Å². The van der Waals surface area contributed by atoms with Crippen LogP contribution in [0.15, 0.2) is 18.2 Å². The molecule has 2 atom stereocenters. The van der Waals surface area contributed by atoms with Gasteiger partial charge in [-0.3, -0.25) is 15.0 Å². The van der Waals surface area contributed by atoms with E-state index < -0.39 is 16.6 Å². The maximum absolute atomic E-state index is 11.1. The van der Waals surface area contributed by atoms with Crippen LogP contribution in [-0.4, -0.2) is 39.7 Å². The molecule has 2 aliphatic rings. The van der Waals surface area contributed by atoms with Crippen molar-refractivity contribution in [2.75, 3.05) is 13.1 Å². The van der Waals surface area contributed by atoms with Crippen LogP contribution in [0.25, 0.3) is 0 Å². The zero-order valence-corrected chi connectivity index (χ0v) is 14.9. The Balaban J connectivity index is 0.00000208. The third-order valence-electron chi connectivity index (χ3n) is 4.94. The number of fused-ring (bicyclic) bond motifs is 1. The quantitative estimate of drug-likeness (QED) is 0.648. The van der Waals surface area contributed by atoms with Crippen molar-refractivity contribution in [3.8, 4) is 5.75 Å². The largest absolute Gasteiger partial charge is 0.485 e. The minimum Gasteiger partial charge on any atom is -0.485 e. The molecular formula is C17H25ClN2O4. The maximum atomic E-state index is 11.1. The van der Waals surface area contributed by atoms with Gasteiger partial charge in [-0.1, -0.05) is 12.8 Å². The topological polar surface area (TPSA) is 75.8 Å². The highest BCUT2D eigenvalue weighted by Gasteiger charge is 2.45. The van der Waals surface area contributed by atoms with Gasteiger partial charge in [0.1, 0.15) is 17.5 Å². The van der Waals surface area contributed by atoms with Gasteiger partial charge < -0.3 is 9.84 Å². The van der Waals surface area contributed by atoms with E-state index in [4.69, 9.17) is 4.74 Å². The summed E-state index contributed by atoms with van der Waals surface area (Å²) in [6.07, 6.45) is 3.85. The fourth-order valence-electron chi connectivity index (χ4n) is 3.64. The molecule has 1 fully saturated rings. The molecule has 0 amide bonds.